The third-order valence-electron chi connectivity index (χ3n) is 13.3. The Labute approximate surface area is 422 Å². The number of nitrogens with one attached hydrogen (secondary N) is 3. The van der Waals surface area contributed by atoms with E-state index in [1.165, 1.54) is 19.3 Å². The fraction of sp³-hybridized carbons (Fsp3) is 0.692. The first-order chi connectivity index (χ1) is 33.8. The van der Waals surface area contributed by atoms with Crippen LogP contribution in [0.2, 0.25) is 0 Å². The molecule has 0 radical (unpaired) electrons. The fourth-order valence-corrected chi connectivity index (χ4v) is 9.20. The van der Waals surface area contributed by atoms with Crippen molar-refractivity contribution in [3.05, 3.63) is 48.0 Å². The summed E-state index contributed by atoms with van der Waals surface area (Å²) < 4.78 is 23.3. The highest BCUT2D eigenvalue weighted by atomic mass is 16.5. The van der Waals surface area contributed by atoms with Gasteiger partial charge in [0.15, 0.2) is 0 Å². The molecule has 1 aromatic carbocycles. The van der Waals surface area contributed by atoms with Gasteiger partial charge >= 0.3 is 0 Å². The molecule has 19 heteroatoms. The molecule has 1 saturated heterocycles. The van der Waals surface area contributed by atoms with Gasteiger partial charge in [-0.05, 0) is 30.2 Å². The zero-order valence-corrected chi connectivity index (χ0v) is 44.4. The molecule has 0 aliphatic carbocycles. The molecule has 2 heterocycles. The number of benzene rings is 1. The summed E-state index contributed by atoms with van der Waals surface area (Å²) in [5.74, 6) is -2.11. The van der Waals surface area contributed by atoms with Crippen molar-refractivity contribution in [2.75, 3.05) is 88.0 Å². The van der Waals surface area contributed by atoms with E-state index in [9.17, 15) is 33.6 Å². The summed E-state index contributed by atoms with van der Waals surface area (Å²) in [6.45, 7) is 15.8. The van der Waals surface area contributed by atoms with Crippen molar-refractivity contribution < 1.29 is 52.5 Å². The maximum Gasteiger partial charge on any atom is 0.253 e. The lowest BCUT2D eigenvalue weighted by Crippen LogP contribution is -2.55. The van der Waals surface area contributed by atoms with Crippen LogP contribution < -0.4 is 16.0 Å². The number of methoxy groups -OCH3 is 2. The lowest BCUT2D eigenvalue weighted by atomic mass is 9.89. The number of amides is 7. The van der Waals surface area contributed by atoms with Crippen LogP contribution in [0.5, 0.6) is 0 Å². The van der Waals surface area contributed by atoms with Crippen molar-refractivity contribution in [3.63, 3.8) is 0 Å². The summed E-state index contributed by atoms with van der Waals surface area (Å²) in [6, 6.07) is 7.01. The predicted octanol–water partition coefficient (Wildman–Crippen LogP) is 2.86. The van der Waals surface area contributed by atoms with Gasteiger partial charge in [-0.1, -0.05) is 85.2 Å². The van der Waals surface area contributed by atoms with E-state index < -0.39 is 60.0 Å². The standard InChI is InChI=1S/C52H84N8O11/c1-13-36(6)47(58(10)52(67)46(34(2)3)56-49(35(4)5)57(8)9)41(68-11)33-45(64)59-26-17-20-40(59)48(69-12)37(7)50(65)55-39(32-38-18-15-14-16-19-38)51(66)54-25-29-71-31-30-70-28-24-53-42(61)23-27-60-43(62)21-22-44(60)63/h14-16,18-19,21-22,34-37,39-41,46-48H,13,17,20,23-33H2,1-12H3,(H,53,61)(H,54,66)(H,55,65)/t36-,37+,39-,40-,41+,46-,47-,48+/m0/s1. The number of rotatable bonds is 31. The number of likely N-dealkylation sites (N-methyl/N-ethyl adjacent to an activating group) is 1. The highest BCUT2D eigenvalue weighted by molar-refractivity contribution is 6.13. The molecule has 19 nitrogen and oxygen atoms in total. The molecule has 0 spiro atoms. The minimum absolute atomic E-state index is 0.00438. The second-order valence-corrected chi connectivity index (χ2v) is 19.3. The van der Waals surface area contributed by atoms with Crippen molar-refractivity contribution in [1.29, 1.82) is 0 Å². The van der Waals surface area contributed by atoms with Crippen LogP contribution in [0.15, 0.2) is 47.5 Å². The largest absolute Gasteiger partial charge is 0.379 e. The van der Waals surface area contributed by atoms with Crippen molar-refractivity contribution in [2.24, 2.45) is 28.7 Å². The van der Waals surface area contributed by atoms with Crippen LogP contribution in [0.4, 0.5) is 0 Å². The highest BCUT2D eigenvalue weighted by Crippen LogP contribution is 2.30. The molecule has 8 atom stereocenters. The summed E-state index contributed by atoms with van der Waals surface area (Å²) in [6.07, 6.45) is 3.38. The molecule has 3 N–H and O–H groups in total. The predicted molar refractivity (Wildman–Crippen MR) is 271 cm³/mol. The number of hydrogen-bond donors (Lipinski definition) is 3. The third-order valence-corrected chi connectivity index (χ3v) is 13.3. The average Bonchev–Trinajstić information content (AvgIpc) is 3.95. The molecule has 3 rings (SSSR count). The Morgan fingerprint density at radius 2 is 1.45 bits per heavy atom. The van der Waals surface area contributed by atoms with Gasteiger partial charge in [0.25, 0.3) is 11.8 Å². The quantitative estimate of drug-likeness (QED) is 0.0424. The third kappa shape index (κ3) is 18.4. The van der Waals surface area contributed by atoms with Gasteiger partial charge in [-0.3, -0.25) is 43.5 Å². The molecular formula is C52H84N8O11. The van der Waals surface area contributed by atoms with Gasteiger partial charge in [0.1, 0.15) is 17.9 Å². The Hall–Kier alpha value is -5.24. The number of ether oxygens (including phenoxy) is 4. The van der Waals surface area contributed by atoms with Crippen LogP contribution in [-0.4, -0.2) is 191 Å². The minimum Gasteiger partial charge on any atom is -0.379 e. The first kappa shape index (κ1) is 60.1. The summed E-state index contributed by atoms with van der Waals surface area (Å²) in [4.78, 5) is 103. The zero-order chi connectivity index (χ0) is 52.8. The van der Waals surface area contributed by atoms with Crippen LogP contribution in [-0.2, 0) is 58.9 Å². The summed E-state index contributed by atoms with van der Waals surface area (Å²) >= 11 is 0. The molecular weight excluding hydrogens is 913 g/mol. The fourth-order valence-electron chi connectivity index (χ4n) is 9.20. The van der Waals surface area contributed by atoms with E-state index >= 15 is 0 Å². The molecule has 0 bridgehead atoms. The Morgan fingerprint density at radius 3 is 2.00 bits per heavy atom. The van der Waals surface area contributed by atoms with Gasteiger partial charge in [0, 0.05) is 92.5 Å². The molecule has 398 valence electrons. The average molecular weight is 997 g/mol. The Bertz CT molecular complexity index is 1920. The van der Waals surface area contributed by atoms with Crippen LogP contribution in [0.25, 0.3) is 0 Å². The van der Waals surface area contributed by atoms with Gasteiger partial charge < -0.3 is 49.6 Å². The smallest absolute Gasteiger partial charge is 0.253 e. The van der Waals surface area contributed by atoms with Gasteiger partial charge in [-0.15, -0.1) is 0 Å². The van der Waals surface area contributed by atoms with Gasteiger partial charge in [0.05, 0.1) is 63.1 Å². The topological polar surface area (TPSA) is 218 Å². The summed E-state index contributed by atoms with van der Waals surface area (Å²) in [5, 5.41) is 8.52. The number of likely N-dealkylation sites (tertiary alicyclic amines) is 1. The first-order valence-electron chi connectivity index (χ1n) is 25.2. The summed E-state index contributed by atoms with van der Waals surface area (Å²) in [7, 11) is 8.76. The Kier molecular flexibility index (Phi) is 25.9. The van der Waals surface area contributed by atoms with E-state index in [1.807, 2.05) is 63.2 Å². The number of carbonyl (C=O) groups is 7. The van der Waals surface area contributed by atoms with Gasteiger partial charge in [-0.2, -0.15) is 0 Å². The number of hydrogen-bond acceptors (Lipinski definition) is 12. The maximum atomic E-state index is 14.4. The monoisotopic (exact) mass is 997 g/mol. The number of nitrogens with zero attached hydrogens (tertiary/aromatic N) is 5. The van der Waals surface area contributed by atoms with E-state index in [4.69, 9.17) is 23.9 Å². The van der Waals surface area contributed by atoms with Gasteiger partial charge in [-0.25, -0.2) is 0 Å². The van der Waals surface area contributed by atoms with Crippen LogP contribution >= 0.6 is 0 Å². The lowest BCUT2D eigenvalue weighted by Gasteiger charge is -2.40. The number of imide groups is 1. The van der Waals surface area contributed by atoms with E-state index in [0.717, 1.165) is 22.7 Å². The normalized spacial score (nSPS) is 18.0. The second-order valence-electron chi connectivity index (χ2n) is 19.3. The van der Waals surface area contributed by atoms with Crippen molar-refractivity contribution >= 4 is 47.2 Å². The van der Waals surface area contributed by atoms with Crippen molar-refractivity contribution in [1.82, 2.24) is 35.6 Å². The van der Waals surface area contributed by atoms with Crippen LogP contribution in [0, 0.1) is 23.7 Å². The second kappa shape index (κ2) is 30.6. The molecule has 2 aliphatic rings. The molecule has 0 aromatic heterocycles. The minimum atomic E-state index is -0.918. The van der Waals surface area contributed by atoms with Gasteiger partial charge in [0.2, 0.25) is 29.5 Å². The number of carbonyl (C=O) groups excluding carboxylic acids is 7. The van der Waals surface area contributed by atoms with Crippen LogP contribution in [0.3, 0.4) is 0 Å². The van der Waals surface area contributed by atoms with Crippen molar-refractivity contribution in [2.45, 2.75) is 123 Å². The van der Waals surface area contributed by atoms with Crippen molar-refractivity contribution in [3.8, 4) is 0 Å². The van der Waals surface area contributed by atoms with E-state index in [2.05, 4.69) is 43.6 Å². The Balaban J connectivity index is 1.60. The lowest BCUT2D eigenvalue weighted by molar-refractivity contribution is -0.146. The number of aliphatic imine (C=N–C) groups is 1. The molecule has 71 heavy (non-hydrogen) atoms. The summed E-state index contributed by atoms with van der Waals surface area (Å²) in [5.41, 5.74) is 0.854. The van der Waals surface area contributed by atoms with Crippen LogP contribution in [0.1, 0.15) is 86.1 Å². The highest BCUT2D eigenvalue weighted by Gasteiger charge is 2.43. The Morgan fingerprint density at radius 1 is 0.831 bits per heavy atom. The SMILES string of the molecule is CC[C@H](C)[C@@H]([C@@H](CC(=O)N1CCC[C@H]1[C@H](OC)[C@@H](C)C(=O)N[C@@H](Cc1ccccc1)C(=O)NCCOCCOCCNC(=O)CCN1C(=O)C=CC1=O)OC)N(C)C(=O)[C@@H](N=C(C(C)C)N(C)C)C(C)C. The molecule has 7 amide bonds. The van der Waals surface area contributed by atoms with E-state index in [-0.39, 0.29) is 107 Å². The molecule has 0 unspecified atom stereocenters. The molecule has 2 aliphatic heterocycles. The number of amidine groups is 1. The first-order valence-corrected chi connectivity index (χ1v) is 25.2. The maximum absolute atomic E-state index is 14.4. The molecule has 1 fully saturated rings. The zero-order valence-electron chi connectivity index (χ0n) is 44.4. The molecule has 0 saturated carbocycles. The van der Waals surface area contributed by atoms with E-state index in [1.54, 1.807) is 30.9 Å². The van der Waals surface area contributed by atoms with E-state index in [0.29, 0.717) is 19.4 Å². The molecule has 1 aromatic rings.